The van der Waals surface area contributed by atoms with Gasteiger partial charge in [0.1, 0.15) is 5.75 Å². The van der Waals surface area contributed by atoms with Crippen molar-refractivity contribution in [1.29, 1.82) is 0 Å². The molecule has 0 saturated heterocycles. The molecule has 0 aliphatic carbocycles. The lowest BCUT2D eigenvalue weighted by Gasteiger charge is -2.13. The summed E-state index contributed by atoms with van der Waals surface area (Å²) in [6, 6.07) is 14.5. The van der Waals surface area contributed by atoms with Gasteiger partial charge in [0, 0.05) is 10.0 Å². The number of halogens is 1. The third-order valence-corrected chi connectivity index (χ3v) is 3.50. The van der Waals surface area contributed by atoms with Crippen molar-refractivity contribution in [1.82, 2.24) is 5.32 Å². The molecule has 0 bridgehead atoms. The number of thiocarbonyl (C=S) groups is 1. The van der Waals surface area contributed by atoms with Gasteiger partial charge < -0.3 is 10.1 Å². The first-order chi connectivity index (χ1) is 10.6. The zero-order valence-corrected chi connectivity index (χ0v) is 14.3. The zero-order chi connectivity index (χ0) is 15.9. The highest BCUT2D eigenvalue weighted by Gasteiger charge is 2.09. The first kappa shape index (κ1) is 16.5. The minimum atomic E-state index is -0.265. The Morgan fingerprint density at radius 1 is 1.18 bits per heavy atom. The molecule has 0 saturated carbocycles. The van der Waals surface area contributed by atoms with Crippen LogP contribution in [0.2, 0.25) is 0 Å². The van der Waals surface area contributed by atoms with Gasteiger partial charge in [-0.3, -0.25) is 10.1 Å². The average Bonchev–Trinajstić information content (AvgIpc) is 2.50. The summed E-state index contributed by atoms with van der Waals surface area (Å²) in [5.74, 6) is 0.420. The number of carbonyl (C=O) groups is 1. The lowest BCUT2D eigenvalue weighted by molar-refractivity contribution is 0.0977. The summed E-state index contributed by atoms with van der Waals surface area (Å²) in [7, 11) is 0. The quantitative estimate of drug-likeness (QED) is 0.790. The summed E-state index contributed by atoms with van der Waals surface area (Å²) < 4.78 is 6.41. The van der Waals surface area contributed by atoms with E-state index < -0.39 is 0 Å². The predicted molar refractivity (Wildman–Crippen MR) is 95.4 cm³/mol. The highest BCUT2D eigenvalue weighted by atomic mass is 79.9. The second-order valence-corrected chi connectivity index (χ2v) is 5.67. The molecule has 114 valence electrons. The van der Waals surface area contributed by atoms with E-state index in [1.54, 1.807) is 24.3 Å². The molecule has 2 rings (SSSR count). The number of rotatable bonds is 4. The summed E-state index contributed by atoms with van der Waals surface area (Å²) >= 11 is 8.50. The van der Waals surface area contributed by atoms with Crippen molar-refractivity contribution in [3.8, 4) is 5.75 Å². The molecule has 2 aromatic carbocycles. The number of hydrogen-bond acceptors (Lipinski definition) is 3. The molecule has 0 aliphatic heterocycles. The van der Waals surface area contributed by atoms with Gasteiger partial charge >= 0.3 is 0 Å². The molecule has 0 fully saturated rings. The van der Waals surface area contributed by atoms with Gasteiger partial charge in [0.05, 0.1) is 12.3 Å². The highest BCUT2D eigenvalue weighted by molar-refractivity contribution is 9.10. The van der Waals surface area contributed by atoms with Gasteiger partial charge in [-0.2, -0.15) is 0 Å². The largest absolute Gasteiger partial charge is 0.492 e. The minimum Gasteiger partial charge on any atom is -0.492 e. The van der Waals surface area contributed by atoms with Crippen LogP contribution in [-0.4, -0.2) is 17.6 Å². The Kier molecular flexibility index (Phi) is 5.91. The Morgan fingerprint density at radius 2 is 1.86 bits per heavy atom. The minimum absolute atomic E-state index is 0.222. The van der Waals surface area contributed by atoms with E-state index in [4.69, 9.17) is 17.0 Å². The smallest absolute Gasteiger partial charge is 0.257 e. The molecule has 0 aromatic heterocycles. The molecule has 6 heteroatoms. The van der Waals surface area contributed by atoms with Crippen LogP contribution in [0.3, 0.4) is 0 Å². The molecular weight excluding hydrogens is 364 g/mol. The van der Waals surface area contributed by atoms with Crippen molar-refractivity contribution in [2.24, 2.45) is 0 Å². The van der Waals surface area contributed by atoms with Gasteiger partial charge in [0.2, 0.25) is 0 Å². The van der Waals surface area contributed by atoms with E-state index in [0.717, 1.165) is 4.47 Å². The topological polar surface area (TPSA) is 50.4 Å². The molecule has 22 heavy (non-hydrogen) atoms. The maximum atomic E-state index is 12.1. The molecule has 0 spiro atoms. The van der Waals surface area contributed by atoms with Crippen LogP contribution in [0.25, 0.3) is 0 Å². The Morgan fingerprint density at radius 3 is 2.55 bits per heavy atom. The van der Waals surface area contributed by atoms with Gasteiger partial charge in [-0.15, -0.1) is 0 Å². The van der Waals surface area contributed by atoms with E-state index in [0.29, 0.717) is 23.6 Å². The van der Waals surface area contributed by atoms with Crippen LogP contribution in [0.5, 0.6) is 5.75 Å². The number of ether oxygens (including phenoxy) is 1. The number of para-hydroxylation sites is 2. The third-order valence-electron chi connectivity index (χ3n) is 2.77. The van der Waals surface area contributed by atoms with Crippen molar-refractivity contribution in [2.75, 3.05) is 11.9 Å². The zero-order valence-electron chi connectivity index (χ0n) is 11.9. The first-order valence-electron chi connectivity index (χ1n) is 6.70. The standard InChI is InChI=1S/C16H15BrN2O2S/c1-2-21-14-6-4-3-5-13(14)18-16(22)19-15(20)11-7-9-12(17)10-8-11/h3-10H,2H2,1H3,(H2,18,19,20,22). The van der Waals surface area contributed by atoms with Crippen molar-refractivity contribution in [3.05, 3.63) is 58.6 Å². The highest BCUT2D eigenvalue weighted by Crippen LogP contribution is 2.23. The van der Waals surface area contributed by atoms with E-state index >= 15 is 0 Å². The Bertz CT molecular complexity index is 674. The molecule has 0 aliphatic rings. The summed E-state index contributed by atoms with van der Waals surface area (Å²) in [6.07, 6.45) is 0. The summed E-state index contributed by atoms with van der Waals surface area (Å²) in [4.78, 5) is 12.1. The van der Waals surface area contributed by atoms with Crippen LogP contribution in [0.1, 0.15) is 17.3 Å². The van der Waals surface area contributed by atoms with E-state index in [1.165, 1.54) is 0 Å². The van der Waals surface area contributed by atoms with Gasteiger partial charge in [-0.1, -0.05) is 28.1 Å². The molecule has 0 radical (unpaired) electrons. The van der Waals surface area contributed by atoms with E-state index in [9.17, 15) is 4.79 Å². The van der Waals surface area contributed by atoms with E-state index in [-0.39, 0.29) is 11.0 Å². The van der Waals surface area contributed by atoms with Crippen LogP contribution in [0.4, 0.5) is 5.69 Å². The number of carbonyl (C=O) groups excluding carboxylic acids is 1. The van der Waals surface area contributed by atoms with E-state index in [1.807, 2.05) is 31.2 Å². The van der Waals surface area contributed by atoms with Crippen LogP contribution < -0.4 is 15.4 Å². The van der Waals surface area contributed by atoms with Crippen LogP contribution >= 0.6 is 28.1 Å². The molecule has 0 atom stereocenters. The second-order valence-electron chi connectivity index (χ2n) is 4.34. The Labute approximate surface area is 143 Å². The molecule has 2 N–H and O–H groups in total. The normalized spacial score (nSPS) is 9.91. The molecular formula is C16H15BrN2O2S. The molecule has 1 amide bonds. The van der Waals surface area contributed by atoms with Crippen molar-refractivity contribution < 1.29 is 9.53 Å². The van der Waals surface area contributed by atoms with E-state index in [2.05, 4.69) is 26.6 Å². The Hall–Kier alpha value is -1.92. The second kappa shape index (κ2) is 7.91. The maximum Gasteiger partial charge on any atom is 0.257 e. The number of nitrogens with one attached hydrogen (secondary N) is 2. The van der Waals surface area contributed by atoms with Crippen molar-refractivity contribution >= 4 is 44.9 Å². The molecule has 0 unspecified atom stereocenters. The van der Waals surface area contributed by atoms with Gasteiger partial charge in [-0.25, -0.2) is 0 Å². The first-order valence-corrected chi connectivity index (χ1v) is 7.90. The summed E-state index contributed by atoms with van der Waals surface area (Å²) in [5.41, 5.74) is 1.25. The van der Waals surface area contributed by atoms with Gasteiger partial charge in [0.25, 0.3) is 5.91 Å². The fraction of sp³-hybridized carbons (Fsp3) is 0.125. The molecule has 0 heterocycles. The Balaban J connectivity index is 2.01. The number of amides is 1. The molecule has 2 aromatic rings. The SMILES string of the molecule is CCOc1ccccc1NC(=S)NC(=O)c1ccc(Br)cc1. The van der Waals surface area contributed by atoms with Crippen LogP contribution in [-0.2, 0) is 0 Å². The summed E-state index contributed by atoms with van der Waals surface area (Å²) in [5, 5.41) is 5.84. The number of anilines is 1. The third kappa shape index (κ3) is 4.54. The monoisotopic (exact) mass is 378 g/mol. The van der Waals surface area contributed by atoms with Crippen LogP contribution in [0.15, 0.2) is 53.0 Å². The maximum absolute atomic E-state index is 12.1. The molecule has 4 nitrogen and oxygen atoms in total. The summed E-state index contributed by atoms with van der Waals surface area (Å²) in [6.45, 7) is 2.46. The lowest BCUT2D eigenvalue weighted by atomic mass is 10.2. The fourth-order valence-electron chi connectivity index (χ4n) is 1.78. The van der Waals surface area contributed by atoms with Gasteiger partial charge in [-0.05, 0) is 55.5 Å². The van der Waals surface area contributed by atoms with Gasteiger partial charge in [0.15, 0.2) is 5.11 Å². The average molecular weight is 379 g/mol. The predicted octanol–water partition coefficient (Wildman–Crippen LogP) is 3.97. The fourth-order valence-corrected chi connectivity index (χ4v) is 2.25. The van der Waals surface area contributed by atoms with Crippen LogP contribution in [0, 0.1) is 0 Å². The number of hydrogen-bond donors (Lipinski definition) is 2. The number of benzene rings is 2. The lowest BCUT2D eigenvalue weighted by Crippen LogP contribution is -2.34. The van der Waals surface area contributed by atoms with Crippen molar-refractivity contribution in [2.45, 2.75) is 6.92 Å². The van der Waals surface area contributed by atoms with Crippen molar-refractivity contribution in [3.63, 3.8) is 0 Å².